The number of nitrogens with zero attached hydrogens (tertiary/aromatic N) is 2. The molecule has 1 aliphatic rings. The summed E-state index contributed by atoms with van der Waals surface area (Å²) in [6, 6.07) is 5.47. The second-order valence-corrected chi connectivity index (χ2v) is 6.30. The molecule has 1 aromatic heterocycles. The van der Waals surface area contributed by atoms with Crippen molar-refractivity contribution in [1.29, 1.82) is 0 Å². The normalized spacial score (nSPS) is 15.3. The lowest BCUT2D eigenvalue weighted by Gasteiger charge is -2.27. The Morgan fingerprint density at radius 1 is 1.32 bits per heavy atom. The highest BCUT2D eigenvalue weighted by atomic mass is 15.2. The molecule has 1 heterocycles. The summed E-state index contributed by atoms with van der Waals surface area (Å²) in [4.78, 5) is 7.17. The van der Waals surface area contributed by atoms with E-state index in [1.807, 2.05) is 12.3 Å². The Bertz CT molecular complexity index is 397. The Hall–Kier alpha value is -1.09. The second-order valence-electron chi connectivity index (χ2n) is 6.30. The SMILES string of the molecule is CC(C)CN(c1ncccc1CNC(C)C)C1CC1. The molecular weight excluding hydrogens is 234 g/mol. The molecule has 1 aromatic rings. The molecule has 1 N–H and O–H groups in total. The summed E-state index contributed by atoms with van der Waals surface area (Å²) in [6.07, 6.45) is 4.56. The van der Waals surface area contributed by atoms with Gasteiger partial charge in [0.15, 0.2) is 0 Å². The standard InChI is InChI=1S/C16H27N3/c1-12(2)11-19(15-7-8-15)16-14(6-5-9-17-16)10-18-13(3)4/h5-6,9,12-13,15,18H,7-8,10-11H2,1-4H3. The van der Waals surface area contributed by atoms with E-state index in [0.717, 1.165) is 19.1 Å². The molecule has 106 valence electrons. The van der Waals surface area contributed by atoms with Crippen LogP contribution in [0.3, 0.4) is 0 Å². The monoisotopic (exact) mass is 261 g/mol. The third-order valence-electron chi connectivity index (χ3n) is 3.39. The van der Waals surface area contributed by atoms with Crippen molar-refractivity contribution >= 4 is 5.82 Å². The molecule has 0 saturated heterocycles. The Morgan fingerprint density at radius 3 is 2.63 bits per heavy atom. The summed E-state index contributed by atoms with van der Waals surface area (Å²) in [7, 11) is 0. The predicted molar refractivity (Wildman–Crippen MR) is 81.4 cm³/mol. The van der Waals surface area contributed by atoms with Gasteiger partial charge in [0, 0.05) is 36.9 Å². The Balaban J connectivity index is 2.15. The van der Waals surface area contributed by atoms with Gasteiger partial charge in [-0.25, -0.2) is 4.98 Å². The molecule has 1 saturated carbocycles. The first-order valence-corrected chi connectivity index (χ1v) is 7.52. The predicted octanol–water partition coefficient (Wildman–Crippen LogP) is 3.20. The van der Waals surface area contributed by atoms with Crippen molar-refractivity contribution in [2.45, 2.75) is 59.2 Å². The van der Waals surface area contributed by atoms with Crippen LogP contribution in [0, 0.1) is 5.92 Å². The minimum absolute atomic E-state index is 0.507. The van der Waals surface area contributed by atoms with Crippen molar-refractivity contribution in [3.8, 4) is 0 Å². The summed E-state index contributed by atoms with van der Waals surface area (Å²) in [6.45, 7) is 10.9. The van der Waals surface area contributed by atoms with Crippen molar-refractivity contribution < 1.29 is 0 Å². The summed E-state index contributed by atoms with van der Waals surface area (Å²) in [5.74, 6) is 1.86. The molecule has 19 heavy (non-hydrogen) atoms. The molecule has 0 bridgehead atoms. The summed E-state index contributed by atoms with van der Waals surface area (Å²) in [5, 5.41) is 3.50. The maximum Gasteiger partial charge on any atom is 0.133 e. The van der Waals surface area contributed by atoms with Gasteiger partial charge in [0.25, 0.3) is 0 Å². The molecular formula is C16H27N3. The number of hydrogen-bond acceptors (Lipinski definition) is 3. The van der Waals surface area contributed by atoms with E-state index in [2.05, 4.69) is 49.0 Å². The summed E-state index contributed by atoms with van der Waals surface area (Å²) < 4.78 is 0. The van der Waals surface area contributed by atoms with E-state index in [1.54, 1.807) is 0 Å². The van der Waals surface area contributed by atoms with Gasteiger partial charge in [-0.15, -0.1) is 0 Å². The molecule has 0 atom stereocenters. The maximum absolute atomic E-state index is 4.66. The number of pyridine rings is 1. The van der Waals surface area contributed by atoms with E-state index in [1.165, 1.54) is 24.2 Å². The summed E-state index contributed by atoms with van der Waals surface area (Å²) >= 11 is 0. The van der Waals surface area contributed by atoms with Crippen LogP contribution in [0.5, 0.6) is 0 Å². The topological polar surface area (TPSA) is 28.2 Å². The van der Waals surface area contributed by atoms with E-state index in [-0.39, 0.29) is 0 Å². The minimum Gasteiger partial charge on any atom is -0.353 e. The zero-order valence-electron chi connectivity index (χ0n) is 12.7. The zero-order chi connectivity index (χ0) is 13.8. The number of anilines is 1. The molecule has 3 heteroatoms. The molecule has 1 fully saturated rings. The molecule has 2 rings (SSSR count). The first kappa shape index (κ1) is 14.3. The Labute approximate surface area is 117 Å². The van der Waals surface area contributed by atoms with Crippen LogP contribution in [0.15, 0.2) is 18.3 Å². The number of nitrogens with one attached hydrogen (secondary N) is 1. The molecule has 0 amide bonds. The van der Waals surface area contributed by atoms with Crippen molar-refractivity contribution in [3.63, 3.8) is 0 Å². The van der Waals surface area contributed by atoms with Crippen LogP contribution in [0.1, 0.15) is 46.1 Å². The van der Waals surface area contributed by atoms with Gasteiger partial charge in [-0.2, -0.15) is 0 Å². The second kappa shape index (κ2) is 6.38. The van der Waals surface area contributed by atoms with Crippen molar-refractivity contribution in [2.24, 2.45) is 5.92 Å². The van der Waals surface area contributed by atoms with Gasteiger partial charge in [0.2, 0.25) is 0 Å². The van der Waals surface area contributed by atoms with Crippen molar-refractivity contribution in [2.75, 3.05) is 11.4 Å². The minimum atomic E-state index is 0.507. The van der Waals surface area contributed by atoms with Gasteiger partial charge in [-0.3, -0.25) is 0 Å². The van der Waals surface area contributed by atoms with Gasteiger partial charge >= 0.3 is 0 Å². The Kier molecular flexibility index (Phi) is 4.81. The lowest BCUT2D eigenvalue weighted by Crippen LogP contribution is -2.32. The van der Waals surface area contributed by atoms with Gasteiger partial charge < -0.3 is 10.2 Å². The van der Waals surface area contributed by atoms with Crippen LogP contribution in [0.2, 0.25) is 0 Å². The molecule has 0 unspecified atom stereocenters. The molecule has 0 radical (unpaired) electrons. The fourth-order valence-corrected chi connectivity index (χ4v) is 2.33. The van der Waals surface area contributed by atoms with Crippen molar-refractivity contribution in [1.82, 2.24) is 10.3 Å². The Morgan fingerprint density at radius 2 is 2.05 bits per heavy atom. The average molecular weight is 261 g/mol. The van der Waals surface area contributed by atoms with Gasteiger partial charge in [-0.1, -0.05) is 33.8 Å². The van der Waals surface area contributed by atoms with Gasteiger partial charge in [0.05, 0.1) is 0 Å². The average Bonchev–Trinajstić information content (AvgIpc) is 3.18. The molecule has 0 spiro atoms. The highest BCUT2D eigenvalue weighted by molar-refractivity contribution is 5.49. The number of aromatic nitrogens is 1. The highest BCUT2D eigenvalue weighted by Crippen LogP contribution is 2.32. The largest absolute Gasteiger partial charge is 0.353 e. The van der Waals surface area contributed by atoms with Gasteiger partial charge in [-0.05, 0) is 24.8 Å². The lowest BCUT2D eigenvalue weighted by atomic mass is 10.1. The fraction of sp³-hybridized carbons (Fsp3) is 0.688. The quantitative estimate of drug-likeness (QED) is 0.817. The fourth-order valence-electron chi connectivity index (χ4n) is 2.33. The van der Waals surface area contributed by atoms with E-state index in [0.29, 0.717) is 12.0 Å². The highest BCUT2D eigenvalue weighted by Gasteiger charge is 2.31. The van der Waals surface area contributed by atoms with Gasteiger partial charge in [0.1, 0.15) is 5.82 Å². The summed E-state index contributed by atoms with van der Waals surface area (Å²) in [5.41, 5.74) is 1.32. The van der Waals surface area contributed by atoms with Crippen LogP contribution in [0.4, 0.5) is 5.82 Å². The van der Waals surface area contributed by atoms with Crippen LogP contribution in [-0.4, -0.2) is 23.6 Å². The van der Waals surface area contributed by atoms with Crippen LogP contribution in [-0.2, 0) is 6.54 Å². The third-order valence-corrected chi connectivity index (χ3v) is 3.39. The smallest absolute Gasteiger partial charge is 0.133 e. The number of rotatable bonds is 7. The molecule has 1 aliphatic carbocycles. The lowest BCUT2D eigenvalue weighted by molar-refractivity contribution is 0.576. The maximum atomic E-state index is 4.66. The van der Waals surface area contributed by atoms with E-state index in [9.17, 15) is 0 Å². The third kappa shape index (κ3) is 4.20. The van der Waals surface area contributed by atoms with Crippen LogP contribution < -0.4 is 10.2 Å². The van der Waals surface area contributed by atoms with E-state index >= 15 is 0 Å². The van der Waals surface area contributed by atoms with Crippen LogP contribution in [0.25, 0.3) is 0 Å². The zero-order valence-corrected chi connectivity index (χ0v) is 12.7. The molecule has 0 aliphatic heterocycles. The van der Waals surface area contributed by atoms with E-state index in [4.69, 9.17) is 0 Å². The van der Waals surface area contributed by atoms with E-state index < -0.39 is 0 Å². The first-order valence-electron chi connectivity index (χ1n) is 7.52. The number of hydrogen-bond donors (Lipinski definition) is 1. The molecule has 0 aromatic carbocycles. The van der Waals surface area contributed by atoms with Crippen molar-refractivity contribution in [3.05, 3.63) is 23.9 Å². The first-order chi connectivity index (χ1) is 9.08. The van der Waals surface area contributed by atoms with Crippen LogP contribution >= 0.6 is 0 Å². The molecule has 3 nitrogen and oxygen atoms in total.